The summed E-state index contributed by atoms with van der Waals surface area (Å²) in [5.41, 5.74) is 0.739. The van der Waals surface area contributed by atoms with E-state index in [-0.39, 0.29) is 40.9 Å². The lowest BCUT2D eigenvalue weighted by Crippen LogP contribution is -2.35. The van der Waals surface area contributed by atoms with Gasteiger partial charge in [-0.15, -0.1) is 0 Å². The van der Waals surface area contributed by atoms with Gasteiger partial charge in [0.2, 0.25) is 11.8 Å². The molecule has 24 heavy (non-hydrogen) atoms. The minimum Gasteiger partial charge on any atom is -0.497 e. The Bertz CT molecular complexity index is 761. The van der Waals surface area contributed by atoms with Gasteiger partial charge in [0.05, 0.1) is 31.7 Å². The van der Waals surface area contributed by atoms with Crippen molar-refractivity contribution >= 4 is 17.5 Å². The molecule has 0 unspecified atom stereocenters. The number of benzene rings is 1. The monoisotopic (exact) mass is 325 g/mol. The maximum absolute atomic E-state index is 13.1. The summed E-state index contributed by atoms with van der Waals surface area (Å²) in [6.07, 6.45) is 6.65. The Hall–Kier alpha value is -2.30. The van der Waals surface area contributed by atoms with E-state index >= 15 is 0 Å². The number of amides is 2. The van der Waals surface area contributed by atoms with Crippen molar-refractivity contribution in [3.05, 3.63) is 30.4 Å². The SMILES string of the molecule is COc1ccc(N2C(=O)[C@@H]3[C@H](C2=O)[C@@H]2C=C[C@@H]3C23CC3)c(OC)c1. The Balaban J connectivity index is 1.56. The third-order valence-corrected chi connectivity index (χ3v) is 6.48. The lowest BCUT2D eigenvalue weighted by molar-refractivity contribution is -0.123. The van der Waals surface area contributed by atoms with Crippen LogP contribution in [0.15, 0.2) is 30.4 Å². The maximum atomic E-state index is 13.1. The number of nitrogens with zero attached hydrogens (tertiary/aromatic N) is 1. The predicted octanol–water partition coefficient (Wildman–Crippen LogP) is 2.41. The molecule has 5 rings (SSSR count). The molecular weight excluding hydrogens is 306 g/mol. The van der Waals surface area contributed by atoms with Crippen molar-refractivity contribution in [2.75, 3.05) is 19.1 Å². The van der Waals surface area contributed by atoms with Crippen LogP contribution in [0.25, 0.3) is 0 Å². The molecule has 2 bridgehead atoms. The quantitative estimate of drug-likeness (QED) is 0.632. The summed E-state index contributed by atoms with van der Waals surface area (Å²) in [7, 11) is 3.11. The molecule has 0 radical (unpaired) electrons. The molecule has 124 valence electrons. The summed E-state index contributed by atoms with van der Waals surface area (Å²) >= 11 is 0. The largest absolute Gasteiger partial charge is 0.497 e. The van der Waals surface area contributed by atoms with E-state index in [2.05, 4.69) is 12.2 Å². The number of imide groups is 1. The predicted molar refractivity (Wildman–Crippen MR) is 86.8 cm³/mol. The van der Waals surface area contributed by atoms with Crippen LogP contribution in [0.4, 0.5) is 5.69 Å². The second-order valence-corrected chi connectivity index (χ2v) is 7.27. The van der Waals surface area contributed by atoms with E-state index in [1.807, 2.05) is 0 Å². The molecule has 2 saturated carbocycles. The molecule has 5 nitrogen and oxygen atoms in total. The fraction of sp³-hybridized carbons (Fsp3) is 0.474. The standard InChI is InChI=1S/C19H19NO4/c1-23-10-3-6-13(14(9-10)24-2)20-17(21)15-11-4-5-12(16(15)18(20)22)19(11)7-8-19/h3-6,9,11-12,15-16H,7-8H2,1-2H3/t11-,12-,15-,16+/m0/s1. The van der Waals surface area contributed by atoms with Crippen molar-refractivity contribution in [3.8, 4) is 11.5 Å². The van der Waals surface area contributed by atoms with E-state index in [0.717, 1.165) is 12.8 Å². The van der Waals surface area contributed by atoms with Gasteiger partial charge in [0, 0.05) is 6.07 Å². The van der Waals surface area contributed by atoms with E-state index < -0.39 is 0 Å². The number of rotatable bonds is 3. The van der Waals surface area contributed by atoms with Crippen LogP contribution in [0, 0.1) is 29.1 Å². The molecule has 1 spiro atoms. The fourth-order valence-electron chi connectivity index (χ4n) is 5.29. The van der Waals surface area contributed by atoms with Crippen LogP contribution in [-0.4, -0.2) is 26.0 Å². The second-order valence-electron chi connectivity index (χ2n) is 7.27. The van der Waals surface area contributed by atoms with Crippen LogP contribution in [-0.2, 0) is 9.59 Å². The molecule has 1 aliphatic heterocycles. The minimum absolute atomic E-state index is 0.0726. The number of ether oxygens (including phenoxy) is 2. The molecule has 4 aliphatic rings. The van der Waals surface area contributed by atoms with Gasteiger partial charge in [0.25, 0.3) is 0 Å². The summed E-state index contributed by atoms with van der Waals surface area (Å²) in [5.74, 6) is 1.05. The van der Waals surface area contributed by atoms with Gasteiger partial charge < -0.3 is 9.47 Å². The van der Waals surface area contributed by atoms with Crippen LogP contribution in [0.3, 0.4) is 0 Å². The van der Waals surface area contributed by atoms with Gasteiger partial charge in [0.1, 0.15) is 11.5 Å². The van der Waals surface area contributed by atoms with Gasteiger partial charge in [-0.1, -0.05) is 12.2 Å². The van der Waals surface area contributed by atoms with Crippen molar-refractivity contribution in [2.24, 2.45) is 29.1 Å². The molecule has 5 heteroatoms. The van der Waals surface area contributed by atoms with Crippen molar-refractivity contribution < 1.29 is 19.1 Å². The van der Waals surface area contributed by atoms with E-state index in [0.29, 0.717) is 17.2 Å². The van der Waals surface area contributed by atoms with Crippen LogP contribution in [0.2, 0.25) is 0 Å². The molecule has 1 aromatic carbocycles. The molecule has 3 fully saturated rings. The lowest BCUT2D eigenvalue weighted by Gasteiger charge is -2.23. The third-order valence-electron chi connectivity index (χ3n) is 6.48. The average Bonchev–Trinajstić information content (AvgIpc) is 3.20. The fourth-order valence-corrected chi connectivity index (χ4v) is 5.29. The first-order valence-corrected chi connectivity index (χ1v) is 8.40. The minimum atomic E-state index is -0.193. The zero-order valence-electron chi connectivity index (χ0n) is 13.7. The number of anilines is 1. The van der Waals surface area contributed by atoms with Gasteiger partial charge in [-0.25, -0.2) is 4.90 Å². The molecule has 1 aromatic rings. The van der Waals surface area contributed by atoms with E-state index in [1.54, 1.807) is 25.3 Å². The van der Waals surface area contributed by atoms with Crippen molar-refractivity contribution in [3.63, 3.8) is 0 Å². The van der Waals surface area contributed by atoms with Crippen molar-refractivity contribution in [1.29, 1.82) is 0 Å². The Kier molecular flexibility index (Phi) is 2.58. The number of fused-ring (bicyclic) bond motifs is 3. The van der Waals surface area contributed by atoms with Crippen LogP contribution < -0.4 is 14.4 Å². The van der Waals surface area contributed by atoms with Crippen LogP contribution in [0.5, 0.6) is 11.5 Å². The zero-order chi connectivity index (χ0) is 16.6. The molecular formula is C19H19NO4. The first kappa shape index (κ1) is 14.1. The van der Waals surface area contributed by atoms with E-state index in [9.17, 15) is 9.59 Å². The normalized spacial score (nSPS) is 34.2. The first-order valence-electron chi connectivity index (χ1n) is 8.40. The summed E-state index contributed by atoms with van der Waals surface area (Å²) in [4.78, 5) is 27.6. The Labute approximate surface area is 140 Å². The number of carbonyl (C=O) groups excluding carboxylic acids is 2. The molecule has 4 atom stereocenters. The van der Waals surface area contributed by atoms with Gasteiger partial charge in [-0.2, -0.15) is 0 Å². The van der Waals surface area contributed by atoms with Crippen molar-refractivity contribution in [1.82, 2.24) is 0 Å². The lowest BCUT2D eigenvalue weighted by atomic mass is 9.85. The average molecular weight is 325 g/mol. The molecule has 3 aliphatic carbocycles. The van der Waals surface area contributed by atoms with Gasteiger partial charge in [0.15, 0.2) is 0 Å². The summed E-state index contributed by atoms with van der Waals surface area (Å²) in [6, 6.07) is 5.19. The molecule has 1 saturated heterocycles. The highest BCUT2D eigenvalue weighted by molar-refractivity contribution is 6.23. The number of hydrogen-bond donors (Lipinski definition) is 0. The molecule has 0 N–H and O–H groups in total. The Morgan fingerprint density at radius 2 is 1.62 bits per heavy atom. The Morgan fingerprint density at radius 1 is 1.00 bits per heavy atom. The summed E-state index contributed by atoms with van der Waals surface area (Å²) in [6.45, 7) is 0. The van der Waals surface area contributed by atoms with Crippen LogP contribution in [0.1, 0.15) is 12.8 Å². The second kappa shape index (κ2) is 4.41. The van der Waals surface area contributed by atoms with Gasteiger partial charge >= 0.3 is 0 Å². The molecule has 0 aromatic heterocycles. The topological polar surface area (TPSA) is 55.8 Å². The number of methoxy groups -OCH3 is 2. The van der Waals surface area contributed by atoms with Crippen LogP contribution >= 0.6 is 0 Å². The highest BCUT2D eigenvalue weighted by atomic mass is 16.5. The van der Waals surface area contributed by atoms with E-state index in [4.69, 9.17) is 9.47 Å². The smallest absolute Gasteiger partial charge is 0.238 e. The maximum Gasteiger partial charge on any atom is 0.238 e. The highest BCUT2D eigenvalue weighted by Gasteiger charge is 2.73. The Morgan fingerprint density at radius 3 is 2.12 bits per heavy atom. The number of carbonyl (C=O) groups is 2. The summed E-state index contributed by atoms with van der Waals surface area (Å²) in [5, 5.41) is 0. The van der Waals surface area contributed by atoms with E-state index in [1.165, 1.54) is 12.0 Å². The molecule has 1 heterocycles. The van der Waals surface area contributed by atoms with Gasteiger partial charge in [-0.05, 0) is 42.2 Å². The number of hydrogen-bond acceptors (Lipinski definition) is 4. The van der Waals surface area contributed by atoms with Crippen molar-refractivity contribution in [2.45, 2.75) is 12.8 Å². The zero-order valence-corrected chi connectivity index (χ0v) is 13.7. The van der Waals surface area contributed by atoms with Gasteiger partial charge in [-0.3, -0.25) is 9.59 Å². The highest BCUT2D eigenvalue weighted by Crippen LogP contribution is 2.73. The number of allylic oxidation sites excluding steroid dienone is 2. The molecule has 2 amide bonds. The third kappa shape index (κ3) is 1.46. The first-order chi connectivity index (χ1) is 11.6. The summed E-state index contributed by atoms with van der Waals surface area (Å²) < 4.78 is 10.6.